The third-order valence-corrected chi connectivity index (χ3v) is 3.08. The number of hydrogen-bond donors (Lipinski definition) is 1. The lowest BCUT2D eigenvalue weighted by atomic mass is 9.85. The molecule has 17 heavy (non-hydrogen) atoms. The fourth-order valence-corrected chi connectivity index (χ4v) is 2.43. The van der Waals surface area contributed by atoms with Crippen molar-refractivity contribution in [2.45, 2.75) is 33.6 Å². The number of phenols is 1. The molecular formula is C15H27NO. The molecule has 0 spiro atoms. The molecule has 0 aromatic heterocycles. The summed E-state index contributed by atoms with van der Waals surface area (Å²) in [7, 11) is 4.21. The highest BCUT2D eigenvalue weighted by Crippen LogP contribution is 2.30. The van der Waals surface area contributed by atoms with E-state index in [0.29, 0.717) is 17.6 Å². The van der Waals surface area contributed by atoms with Crippen molar-refractivity contribution in [1.82, 2.24) is 4.90 Å². The zero-order chi connectivity index (χ0) is 12.1. The number of rotatable bonds is 5. The Morgan fingerprint density at radius 2 is 1.94 bits per heavy atom. The molecular weight excluding hydrogens is 210 g/mol. The Kier molecular flexibility index (Phi) is 6.89. The molecule has 0 radical (unpaired) electrons. The highest BCUT2D eigenvalue weighted by molar-refractivity contribution is 5.30. The first-order valence-electron chi connectivity index (χ1n) is 5.98. The minimum atomic E-state index is 0. The Balaban J connectivity index is 0.00000256. The Morgan fingerprint density at radius 1 is 1.29 bits per heavy atom. The van der Waals surface area contributed by atoms with Crippen LogP contribution in [0, 0.1) is 5.92 Å². The zero-order valence-electron chi connectivity index (χ0n) is 10.8. The topological polar surface area (TPSA) is 23.5 Å². The summed E-state index contributed by atoms with van der Waals surface area (Å²) in [6, 6.07) is 7.66. The monoisotopic (exact) mass is 237 g/mol. The van der Waals surface area contributed by atoms with Crippen LogP contribution in [0.5, 0.6) is 5.75 Å². The molecule has 0 saturated carbocycles. The Labute approximate surface area is 106 Å². The van der Waals surface area contributed by atoms with Gasteiger partial charge < -0.3 is 10.0 Å². The van der Waals surface area contributed by atoms with Crippen LogP contribution in [0.2, 0.25) is 0 Å². The molecule has 1 N–H and O–H groups in total. The van der Waals surface area contributed by atoms with Gasteiger partial charge >= 0.3 is 0 Å². The third-order valence-electron chi connectivity index (χ3n) is 3.08. The van der Waals surface area contributed by atoms with Gasteiger partial charge in [0.2, 0.25) is 0 Å². The quantitative estimate of drug-likeness (QED) is 0.843. The second-order valence-corrected chi connectivity index (χ2v) is 4.85. The predicted molar refractivity (Wildman–Crippen MR) is 75.6 cm³/mol. The van der Waals surface area contributed by atoms with E-state index in [9.17, 15) is 5.11 Å². The molecule has 2 nitrogen and oxygen atoms in total. The highest BCUT2D eigenvalue weighted by Gasteiger charge is 2.18. The van der Waals surface area contributed by atoms with Gasteiger partial charge in [-0.05, 0) is 50.0 Å². The number of benzene rings is 1. The second-order valence-electron chi connectivity index (χ2n) is 4.85. The van der Waals surface area contributed by atoms with Gasteiger partial charge in [-0.15, -0.1) is 0 Å². The molecule has 0 heterocycles. The lowest BCUT2D eigenvalue weighted by molar-refractivity contribution is 0.301. The van der Waals surface area contributed by atoms with Gasteiger partial charge in [0.15, 0.2) is 0 Å². The maximum Gasteiger partial charge on any atom is 0.115 e. The number of hydrogen-bond acceptors (Lipinski definition) is 2. The van der Waals surface area contributed by atoms with Gasteiger partial charge in [0.05, 0.1) is 0 Å². The van der Waals surface area contributed by atoms with Gasteiger partial charge in [0, 0.05) is 6.54 Å². The average Bonchev–Trinajstić information content (AvgIpc) is 2.17. The molecule has 98 valence electrons. The van der Waals surface area contributed by atoms with E-state index in [2.05, 4.69) is 38.9 Å². The smallest absolute Gasteiger partial charge is 0.115 e. The standard InChI is InChI=1S/C14H23NO.CH4/c1-5-14(11(2)10-15(3)4)12-7-6-8-13(16)9-12;/h6-9,11,14,16H,5,10H2,1-4H3;1H4. The summed E-state index contributed by atoms with van der Waals surface area (Å²) in [4.78, 5) is 2.22. The van der Waals surface area contributed by atoms with E-state index in [-0.39, 0.29) is 7.43 Å². The minimum Gasteiger partial charge on any atom is -0.508 e. The largest absolute Gasteiger partial charge is 0.508 e. The van der Waals surface area contributed by atoms with Crippen molar-refractivity contribution in [2.24, 2.45) is 5.92 Å². The SMILES string of the molecule is C.CCC(c1cccc(O)c1)C(C)CN(C)C. The van der Waals surface area contributed by atoms with E-state index >= 15 is 0 Å². The zero-order valence-corrected chi connectivity index (χ0v) is 10.8. The highest BCUT2D eigenvalue weighted by atomic mass is 16.3. The van der Waals surface area contributed by atoms with Gasteiger partial charge in [-0.25, -0.2) is 0 Å². The summed E-state index contributed by atoms with van der Waals surface area (Å²) in [6.45, 7) is 5.56. The van der Waals surface area contributed by atoms with Crippen molar-refractivity contribution >= 4 is 0 Å². The van der Waals surface area contributed by atoms with Crippen molar-refractivity contribution < 1.29 is 5.11 Å². The van der Waals surface area contributed by atoms with Crippen molar-refractivity contribution in [1.29, 1.82) is 0 Å². The Bertz CT molecular complexity index is 322. The molecule has 0 bridgehead atoms. The summed E-state index contributed by atoms with van der Waals surface area (Å²) >= 11 is 0. The predicted octanol–water partition coefficient (Wildman–Crippen LogP) is 3.72. The first kappa shape index (κ1) is 16.0. The molecule has 0 saturated heterocycles. The van der Waals surface area contributed by atoms with E-state index in [0.717, 1.165) is 13.0 Å². The van der Waals surface area contributed by atoms with Crippen LogP contribution in [-0.4, -0.2) is 30.6 Å². The van der Waals surface area contributed by atoms with Crippen molar-refractivity contribution in [3.05, 3.63) is 29.8 Å². The van der Waals surface area contributed by atoms with Crippen LogP contribution < -0.4 is 0 Å². The van der Waals surface area contributed by atoms with Crippen molar-refractivity contribution in [3.63, 3.8) is 0 Å². The van der Waals surface area contributed by atoms with Gasteiger partial charge in [0.1, 0.15) is 5.75 Å². The summed E-state index contributed by atoms with van der Waals surface area (Å²) in [5, 5.41) is 9.51. The van der Waals surface area contributed by atoms with Crippen LogP contribution in [0.3, 0.4) is 0 Å². The molecule has 1 aromatic carbocycles. The van der Waals surface area contributed by atoms with Crippen molar-refractivity contribution in [2.75, 3.05) is 20.6 Å². The molecule has 0 fully saturated rings. The molecule has 0 aliphatic heterocycles. The molecule has 1 aromatic rings. The molecule has 2 heteroatoms. The first-order chi connectivity index (χ1) is 7.54. The maximum absolute atomic E-state index is 9.51. The fourth-order valence-electron chi connectivity index (χ4n) is 2.43. The van der Waals surface area contributed by atoms with Crippen LogP contribution in [0.15, 0.2) is 24.3 Å². The molecule has 1 rings (SSSR count). The summed E-state index contributed by atoms with van der Waals surface area (Å²) in [6.07, 6.45) is 1.11. The van der Waals surface area contributed by atoms with Gasteiger partial charge in [-0.2, -0.15) is 0 Å². The molecule has 0 aliphatic carbocycles. The molecule has 0 aliphatic rings. The van der Waals surface area contributed by atoms with Gasteiger partial charge in [0.25, 0.3) is 0 Å². The van der Waals surface area contributed by atoms with Crippen LogP contribution in [0.25, 0.3) is 0 Å². The fraction of sp³-hybridized carbons (Fsp3) is 0.600. The van der Waals surface area contributed by atoms with Crippen LogP contribution in [0.4, 0.5) is 0 Å². The maximum atomic E-state index is 9.51. The van der Waals surface area contributed by atoms with E-state index in [1.165, 1.54) is 5.56 Å². The summed E-state index contributed by atoms with van der Waals surface area (Å²) in [5.41, 5.74) is 1.25. The number of aromatic hydroxyl groups is 1. The minimum absolute atomic E-state index is 0. The number of nitrogens with zero attached hydrogens (tertiary/aromatic N) is 1. The summed E-state index contributed by atoms with van der Waals surface area (Å²) < 4.78 is 0. The van der Waals surface area contributed by atoms with Crippen molar-refractivity contribution in [3.8, 4) is 5.75 Å². The normalized spacial score (nSPS) is 14.2. The summed E-state index contributed by atoms with van der Waals surface area (Å²) in [5.74, 6) is 1.49. The lowest BCUT2D eigenvalue weighted by Gasteiger charge is -2.26. The molecule has 2 atom stereocenters. The lowest BCUT2D eigenvalue weighted by Crippen LogP contribution is -2.24. The van der Waals surface area contributed by atoms with E-state index < -0.39 is 0 Å². The van der Waals surface area contributed by atoms with Crippen LogP contribution in [-0.2, 0) is 0 Å². The third kappa shape index (κ3) is 4.78. The first-order valence-corrected chi connectivity index (χ1v) is 5.98. The van der Waals surface area contributed by atoms with Crippen LogP contribution >= 0.6 is 0 Å². The average molecular weight is 237 g/mol. The molecule has 2 unspecified atom stereocenters. The van der Waals surface area contributed by atoms with E-state index in [1.807, 2.05) is 12.1 Å². The second kappa shape index (κ2) is 7.33. The van der Waals surface area contributed by atoms with E-state index in [1.54, 1.807) is 6.07 Å². The van der Waals surface area contributed by atoms with Gasteiger partial charge in [-0.3, -0.25) is 0 Å². The Morgan fingerprint density at radius 3 is 2.41 bits per heavy atom. The van der Waals surface area contributed by atoms with E-state index in [4.69, 9.17) is 0 Å². The number of phenolic OH excluding ortho intramolecular Hbond substituents is 1. The van der Waals surface area contributed by atoms with Crippen LogP contribution in [0.1, 0.15) is 39.2 Å². The Hall–Kier alpha value is -1.02. The molecule has 0 amide bonds. The van der Waals surface area contributed by atoms with Gasteiger partial charge in [-0.1, -0.05) is 33.4 Å².